The van der Waals surface area contributed by atoms with Crippen molar-refractivity contribution >= 4 is 30.4 Å². The molecule has 2 aromatic carbocycles. The molecule has 0 saturated carbocycles. The summed E-state index contributed by atoms with van der Waals surface area (Å²) in [6, 6.07) is 8.90. The molecule has 1 aromatic heterocycles. The number of non-ortho nitro benzene ring substituents is 1. The number of fused-ring (bicyclic) bond motifs is 2. The lowest BCUT2D eigenvalue weighted by atomic mass is 10.1. The summed E-state index contributed by atoms with van der Waals surface area (Å²) in [6.07, 6.45) is -1.54. The molecule has 0 aliphatic heterocycles. The van der Waals surface area contributed by atoms with Crippen molar-refractivity contribution in [1.82, 2.24) is 15.3 Å². The number of hydrogen-bond donors (Lipinski definition) is 5. The summed E-state index contributed by atoms with van der Waals surface area (Å²) >= 11 is 0. The Balaban J connectivity index is 1.60. The molecule has 172 valence electrons. The average Bonchev–Trinajstić information content (AvgIpc) is 3.12. The van der Waals surface area contributed by atoms with Gasteiger partial charge in [0.2, 0.25) is 5.34 Å². The van der Waals surface area contributed by atoms with Crippen molar-refractivity contribution in [1.29, 1.82) is 0 Å². The maximum Gasteiger partial charge on any atom is 0.408 e. The van der Waals surface area contributed by atoms with Crippen LogP contribution in [0.2, 0.25) is 0 Å². The molecular formula is C19H17N4O9P. The van der Waals surface area contributed by atoms with Crippen LogP contribution in [-0.2, 0) is 28.7 Å². The predicted molar refractivity (Wildman–Crippen MR) is 114 cm³/mol. The second-order valence-corrected chi connectivity index (χ2v) is 9.45. The molecule has 0 saturated heterocycles. The number of benzene rings is 2. The van der Waals surface area contributed by atoms with Gasteiger partial charge in [0.05, 0.1) is 16.0 Å². The molecule has 1 amide bonds. The van der Waals surface area contributed by atoms with Crippen LogP contribution >= 0.6 is 7.60 Å². The number of rotatable bonds is 5. The highest BCUT2D eigenvalue weighted by Gasteiger charge is 2.54. The van der Waals surface area contributed by atoms with Gasteiger partial charge in [-0.15, -0.1) is 0 Å². The Morgan fingerprint density at radius 1 is 1.15 bits per heavy atom. The Bertz CT molecular complexity index is 1430. The topological polar surface area (TPSA) is 205 Å². The number of H-pyrrole nitrogens is 2. The molecule has 3 aromatic rings. The maximum absolute atomic E-state index is 12.5. The van der Waals surface area contributed by atoms with Crippen LogP contribution in [0.5, 0.6) is 0 Å². The molecule has 0 unspecified atom stereocenters. The third-order valence-electron chi connectivity index (χ3n) is 5.40. The molecule has 0 spiro atoms. The van der Waals surface area contributed by atoms with Crippen LogP contribution in [0.25, 0.3) is 11.0 Å². The van der Waals surface area contributed by atoms with E-state index in [0.29, 0.717) is 11.1 Å². The number of nitrogens with zero attached hydrogens (tertiary/aromatic N) is 1. The number of alkyl carbamates (subject to hydrolysis) is 1. The molecule has 0 atom stereocenters. The van der Waals surface area contributed by atoms with Gasteiger partial charge < -0.3 is 29.8 Å². The smallest absolute Gasteiger partial charge is 0.408 e. The van der Waals surface area contributed by atoms with Crippen LogP contribution < -0.4 is 16.4 Å². The molecule has 33 heavy (non-hydrogen) atoms. The molecule has 0 fully saturated rings. The summed E-state index contributed by atoms with van der Waals surface area (Å²) in [5.74, 6) is 0. The molecule has 13 nitrogen and oxygen atoms in total. The van der Waals surface area contributed by atoms with E-state index in [1.807, 2.05) is 0 Å². The number of hydrogen-bond acceptors (Lipinski definition) is 7. The van der Waals surface area contributed by atoms with E-state index >= 15 is 0 Å². The molecule has 1 aliphatic rings. The summed E-state index contributed by atoms with van der Waals surface area (Å²) < 4.78 is 17.5. The van der Waals surface area contributed by atoms with Gasteiger partial charge >= 0.3 is 24.8 Å². The molecule has 4 rings (SSSR count). The Labute approximate surface area is 183 Å². The highest BCUT2D eigenvalue weighted by atomic mass is 31.2. The Morgan fingerprint density at radius 2 is 1.76 bits per heavy atom. The third kappa shape index (κ3) is 4.16. The first-order chi connectivity index (χ1) is 15.5. The summed E-state index contributed by atoms with van der Waals surface area (Å²) in [5.41, 5.74) is -1.05. The Kier molecular flexibility index (Phi) is 5.40. The highest BCUT2D eigenvalue weighted by Crippen LogP contribution is 2.57. The Morgan fingerprint density at radius 3 is 2.33 bits per heavy atom. The lowest BCUT2D eigenvalue weighted by Gasteiger charge is -2.29. The number of carbonyl (C=O) groups is 1. The second-order valence-electron chi connectivity index (χ2n) is 7.55. The van der Waals surface area contributed by atoms with E-state index in [4.69, 9.17) is 4.74 Å². The van der Waals surface area contributed by atoms with E-state index in [-0.39, 0.29) is 29.4 Å². The summed E-state index contributed by atoms with van der Waals surface area (Å²) in [5, 5.41) is 11.4. The first-order valence-corrected chi connectivity index (χ1v) is 11.1. The predicted octanol–water partition coefficient (Wildman–Crippen LogP) is 1.02. The summed E-state index contributed by atoms with van der Waals surface area (Å²) in [4.78, 5) is 70.7. The fraction of sp³-hybridized carbons (Fsp3) is 0.211. The van der Waals surface area contributed by atoms with Crippen molar-refractivity contribution in [2.24, 2.45) is 0 Å². The third-order valence-corrected chi connectivity index (χ3v) is 6.87. The fourth-order valence-electron chi connectivity index (χ4n) is 3.80. The van der Waals surface area contributed by atoms with Crippen molar-refractivity contribution in [3.8, 4) is 0 Å². The van der Waals surface area contributed by atoms with Crippen LogP contribution in [0.4, 0.5) is 10.5 Å². The molecule has 0 radical (unpaired) electrons. The van der Waals surface area contributed by atoms with E-state index < -0.39 is 47.3 Å². The highest BCUT2D eigenvalue weighted by molar-refractivity contribution is 7.53. The van der Waals surface area contributed by atoms with Gasteiger partial charge in [-0.25, -0.2) is 4.79 Å². The molecule has 1 aliphatic carbocycles. The largest absolute Gasteiger partial charge is 0.429 e. The minimum atomic E-state index is -4.91. The van der Waals surface area contributed by atoms with Gasteiger partial charge in [-0.2, -0.15) is 0 Å². The lowest BCUT2D eigenvalue weighted by molar-refractivity contribution is -0.384. The van der Waals surface area contributed by atoms with Crippen LogP contribution in [0.1, 0.15) is 16.7 Å². The molecule has 5 N–H and O–H groups in total. The SMILES string of the molecule is O=C(NCc1cc([N+](=O)[O-])cc2[nH]c(=O)c(=O)[nH]c12)OC1(P(=O)(O)O)Cc2ccccc2C1. The van der Waals surface area contributed by atoms with Crippen molar-refractivity contribution in [3.05, 3.63) is 83.9 Å². The monoisotopic (exact) mass is 476 g/mol. The zero-order valence-corrected chi connectivity index (χ0v) is 17.6. The van der Waals surface area contributed by atoms with Crippen molar-refractivity contribution in [2.75, 3.05) is 0 Å². The van der Waals surface area contributed by atoms with Gasteiger partial charge in [-0.1, -0.05) is 24.3 Å². The lowest BCUT2D eigenvalue weighted by Crippen LogP contribution is -2.40. The normalized spacial score (nSPS) is 14.6. The minimum absolute atomic E-state index is 0.0307. The number of carbonyl (C=O) groups excluding carboxylic acids is 1. The maximum atomic E-state index is 12.5. The average molecular weight is 476 g/mol. The van der Waals surface area contributed by atoms with Crippen LogP contribution in [0, 0.1) is 10.1 Å². The zero-order chi connectivity index (χ0) is 24.0. The first kappa shape index (κ1) is 22.4. The Hall–Kier alpha value is -3.80. The van der Waals surface area contributed by atoms with Gasteiger partial charge in [-0.3, -0.25) is 24.3 Å². The quantitative estimate of drug-likeness (QED) is 0.154. The number of amides is 1. The minimum Gasteiger partial charge on any atom is -0.429 e. The van der Waals surface area contributed by atoms with Gasteiger partial charge in [-0.05, 0) is 11.1 Å². The number of aromatic amines is 2. The number of ether oxygens (including phenoxy) is 1. The van der Waals surface area contributed by atoms with Crippen molar-refractivity contribution in [3.63, 3.8) is 0 Å². The second kappa shape index (κ2) is 7.96. The van der Waals surface area contributed by atoms with Gasteiger partial charge in [0.15, 0.2) is 0 Å². The standard InChI is InChI=1S/C19H17N4O9P/c24-16-17(25)22-15-12(5-13(23(27)28)6-14(15)21-16)9-20-18(26)32-19(33(29,30)31)7-10-3-1-2-4-11(10)8-19/h1-6H,7-9H2,(H,20,26)(H,21,24)(H,22,25)(H2,29,30,31). The first-order valence-electron chi connectivity index (χ1n) is 9.52. The fourth-order valence-corrected chi connectivity index (χ4v) is 4.75. The van der Waals surface area contributed by atoms with Crippen LogP contribution in [-0.4, -0.2) is 36.1 Å². The zero-order valence-electron chi connectivity index (χ0n) is 16.7. The number of nitrogens with one attached hydrogen (secondary N) is 3. The van der Waals surface area contributed by atoms with E-state index in [2.05, 4.69) is 15.3 Å². The van der Waals surface area contributed by atoms with Crippen molar-refractivity contribution < 1.29 is 28.8 Å². The van der Waals surface area contributed by atoms with Gasteiger partial charge in [0.1, 0.15) is 0 Å². The van der Waals surface area contributed by atoms with E-state index in [1.165, 1.54) is 0 Å². The number of nitro groups is 1. The summed E-state index contributed by atoms with van der Waals surface area (Å²) in [6.45, 7) is -0.400. The van der Waals surface area contributed by atoms with E-state index in [1.54, 1.807) is 24.3 Å². The molecular weight excluding hydrogens is 459 g/mol. The van der Waals surface area contributed by atoms with Gasteiger partial charge in [0, 0.05) is 37.1 Å². The van der Waals surface area contributed by atoms with E-state index in [9.17, 15) is 38.8 Å². The van der Waals surface area contributed by atoms with Crippen molar-refractivity contribution in [2.45, 2.75) is 24.7 Å². The van der Waals surface area contributed by atoms with Gasteiger partial charge in [0.25, 0.3) is 5.69 Å². The van der Waals surface area contributed by atoms with Crippen LogP contribution in [0.3, 0.4) is 0 Å². The molecule has 1 heterocycles. The number of nitro benzene ring substituents is 1. The van der Waals surface area contributed by atoms with Crippen LogP contribution in [0.15, 0.2) is 46.0 Å². The molecule has 0 bridgehead atoms. The summed E-state index contributed by atoms with van der Waals surface area (Å²) in [7, 11) is -4.91. The van der Waals surface area contributed by atoms with E-state index in [0.717, 1.165) is 12.1 Å². The number of aromatic nitrogens is 2. The molecule has 14 heteroatoms.